The fraction of sp³-hybridized carbons (Fsp3) is 0.429. The van der Waals surface area contributed by atoms with E-state index in [0.717, 1.165) is 56.6 Å². The number of hydrogen-bond acceptors (Lipinski definition) is 4. The summed E-state index contributed by atoms with van der Waals surface area (Å²) in [6.07, 6.45) is 4.86. The molecule has 5 rings (SSSR count). The summed E-state index contributed by atoms with van der Waals surface area (Å²) >= 11 is 12.5. The van der Waals surface area contributed by atoms with E-state index in [9.17, 15) is 14.0 Å². The van der Waals surface area contributed by atoms with Crippen molar-refractivity contribution in [2.45, 2.75) is 45.1 Å². The molecule has 0 atom stereocenters. The number of nitrogens with zero attached hydrogens (tertiary/aromatic N) is 3. The Labute approximate surface area is 269 Å². The van der Waals surface area contributed by atoms with Gasteiger partial charge in [0.2, 0.25) is 5.91 Å². The Kier molecular flexibility index (Phi) is 11.5. The lowest BCUT2D eigenvalue weighted by Crippen LogP contribution is -2.45. The Morgan fingerprint density at radius 2 is 1.55 bits per heavy atom. The van der Waals surface area contributed by atoms with Crippen LogP contribution in [0.2, 0.25) is 10.0 Å². The molecule has 0 N–H and O–H groups in total. The van der Waals surface area contributed by atoms with Crippen molar-refractivity contribution in [1.29, 1.82) is 0 Å². The van der Waals surface area contributed by atoms with E-state index in [-0.39, 0.29) is 30.3 Å². The zero-order chi connectivity index (χ0) is 30.9. The molecule has 2 aliphatic rings. The van der Waals surface area contributed by atoms with Crippen LogP contribution in [0.4, 0.5) is 14.9 Å². The largest absolute Gasteiger partial charge is 0.445 e. The van der Waals surface area contributed by atoms with Crippen molar-refractivity contribution in [3.63, 3.8) is 0 Å². The topological polar surface area (TPSA) is 53.1 Å². The molecule has 2 heterocycles. The summed E-state index contributed by atoms with van der Waals surface area (Å²) < 4.78 is 18.8. The molecule has 0 spiro atoms. The number of likely N-dealkylation sites (tertiary alicyclic amines) is 2. The minimum atomic E-state index is -0.345. The molecule has 44 heavy (non-hydrogen) atoms. The summed E-state index contributed by atoms with van der Waals surface area (Å²) in [4.78, 5) is 32.5. The number of benzene rings is 3. The van der Waals surface area contributed by atoms with Crippen LogP contribution in [0.3, 0.4) is 0 Å². The van der Waals surface area contributed by atoms with Crippen LogP contribution in [-0.2, 0) is 22.6 Å². The van der Waals surface area contributed by atoms with Crippen LogP contribution in [0.15, 0.2) is 72.8 Å². The summed E-state index contributed by atoms with van der Waals surface area (Å²) in [5, 5.41) is 0.870. The van der Waals surface area contributed by atoms with Crippen LogP contribution in [0.5, 0.6) is 0 Å². The summed E-state index contributed by atoms with van der Waals surface area (Å²) in [5.74, 6) is 0.276. The molecule has 2 fully saturated rings. The predicted octanol–water partition coefficient (Wildman–Crippen LogP) is 7.86. The average molecular weight is 641 g/mol. The number of hydrogen-bond donors (Lipinski definition) is 0. The zero-order valence-electron chi connectivity index (χ0n) is 25.0. The molecule has 3 aromatic rings. The maximum Gasteiger partial charge on any atom is 0.410 e. The lowest BCUT2D eigenvalue weighted by Gasteiger charge is -2.35. The van der Waals surface area contributed by atoms with E-state index in [1.54, 1.807) is 17.0 Å². The fourth-order valence-electron chi connectivity index (χ4n) is 6.18. The van der Waals surface area contributed by atoms with Crippen molar-refractivity contribution >= 4 is 40.9 Å². The molecule has 234 valence electrons. The smallest absolute Gasteiger partial charge is 0.410 e. The molecule has 2 amide bonds. The number of carbonyl (C=O) groups is 2. The Bertz CT molecular complexity index is 1380. The van der Waals surface area contributed by atoms with Crippen molar-refractivity contribution in [2.75, 3.05) is 44.2 Å². The molecule has 0 bridgehead atoms. The highest BCUT2D eigenvalue weighted by Crippen LogP contribution is 2.30. The number of anilines is 1. The van der Waals surface area contributed by atoms with E-state index in [0.29, 0.717) is 48.4 Å². The standard InChI is InChI=1S/C35H40Cl2FN3O3/c36-32-12-11-31(24-33(32)37)41(18-4-17-39-19-13-27(14-20-39)23-26-7-9-30(38)10-8-26)34(42)29-15-21-40(22-16-29)35(43)44-25-28-5-2-1-3-6-28/h1-3,5-12,24,27,29H,4,13-23,25H2. The van der Waals surface area contributed by atoms with E-state index in [2.05, 4.69) is 4.90 Å². The van der Waals surface area contributed by atoms with Crippen LogP contribution in [0.25, 0.3) is 0 Å². The highest BCUT2D eigenvalue weighted by Gasteiger charge is 2.32. The number of piperidine rings is 2. The van der Waals surface area contributed by atoms with E-state index in [4.69, 9.17) is 27.9 Å². The van der Waals surface area contributed by atoms with Gasteiger partial charge in [-0.1, -0.05) is 65.7 Å². The van der Waals surface area contributed by atoms with E-state index < -0.39 is 0 Å². The lowest BCUT2D eigenvalue weighted by molar-refractivity contribution is -0.123. The van der Waals surface area contributed by atoms with Gasteiger partial charge in [0.1, 0.15) is 12.4 Å². The van der Waals surface area contributed by atoms with E-state index in [1.807, 2.05) is 53.4 Å². The van der Waals surface area contributed by atoms with Crippen molar-refractivity contribution in [2.24, 2.45) is 11.8 Å². The molecule has 0 aliphatic carbocycles. The van der Waals surface area contributed by atoms with Crippen molar-refractivity contribution in [1.82, 2.24) is 9.80 Å². The number of halogens is 3. The number of amides is 2. The second kappa shape index (κ2) is 15.7. The number of rotatable bonds is 10. The number of ether oxygens (including phenoxy) is 1. The van der Waals surface area contributed by atoms with Gasteiger partial charge in [0.05, 0.1) is 10.0 Å². The first kappa shape index (κ1) is 32.3. The first-order chi connectivity index (χ1) is 21.4. The minimum Gasteiger partial charge on any atom is -0.445 e. The van der Waals surface area contributed by atoms with Gasteiger partial charge >= 0.3 is 6.09 Å². The van der Waals surface area contributed by atoms with Gasteiger partial charge in [0, 0.05) is 31.2 Å². The second-order valence-corrected chi connectivity index (χ2v) is 12.7. The molecule has 0 radical (unpaired) electrons. The van der Waals surface area contributed by atoms with Gasteiger partial charge in [-0.2, -0.15) is 0 Å². The number of carbonyl (C=O) groups excluding carboxylic acids is 2. The van der Waals surface area contributed by atoms with E-state index >= 15 is 0 Å². The molecular formula is C35H40Cl2FN3O3. The molecule has 6 nitrogen and oxygen atoms in total. The monoisotopic (exact) mass is 639 g/mol. The van der Waals surface area contributed by atoms with Gasteiger partial charge in [0.15, 0.2) is 0 Å². The maximum absolute atomic E-state index is 13.9. The predicted molar refractivity (Wildman–Crippen MR) is 174 cm³/mol. The highest BCUT2D eigenvalue weighted by molar-refractivity contribution is 6.42. The van der Waals surface area contributed by atoms with Crippen LogP contribution in [-0.4, -0.2) is 61.1 Å². The summed E-state index contributed by atoms with van der Waals surface area (Å²) in [6.45, 7) is 4.70. The molecular weight excluding hydrogens is 600 g/mol. The van der Waals surface area contributed by atoms with Gasteiger partial charge < -0.3 is 19.4 Å². The molecule has 2 saturated heterocycles. The van der Waals surface area contributed by atoms with Crippen LogP contribution < -0.4 is 4.90 Å². The van der Waals surface area contributed by atoms with Crippen LogP contribution >= 0.6 is 23.2 Å². The Morgan fingerprint density at radius 3 is 2.23 bits per heavy atom. The van der Waals surface area contributed by atoms with Gasteiger partial charge in [-0.25, -0.2) is 9.18 Å². The Hall–Kier alpha value is -3.13. The quantitative estimate of drug-likeness (QED) is 0.227. The van der Waals surface area contributed by atoms with Gasteiger partial charge in [-0.05, 0) is 106 Å². The molecule has 3 aromatic carbocycles. The summed E-state index contributed by atoms with van der Waals surface area (Å²) in [5.41, 5.74) is 2.88. The van der Waals surface area contributed by atoms with Gasteiger partial charge in [-0.3, -0.25) is 4.79 Å². The molecule has 0 aromatic heterocycles. The van der Waals surface area contributed by atoms with Crippen molar-refractivity contribution < 1.29 is 18.7 Å². The summed E-state index contributed by atoms with van der Waals surface area (Å²) in [6, 6.07) is 21.8. The van der Waals surface area contributed by atoms with E-state index in [1.165, 1.54) is 17.7 Å². The average Bonchev–Trinajstić information content (AvgIpc) is 3.05. The third-order valence-corrected chi connectivity index (χ3v) is 9.53. The molecule has 2 aliphatic heterocycles. The first-order valence-electron chi connectivity index (χ1n) is 15.5. The first-order valence-corrected chi connectivity index (χ1v) is 16.3. The third kappa shape index (κ3) is 8.96. The Morgan fingerprint density at radius 1 is 0.841 bits per heavy atom. The maximum atomic E-state index is 13.9. The van der Waals surface area contributed by atoms with Crippen LogP contribution in [0.1, 0.15) is 43.2 Å². The lowest BCUT2D eigenvalue weighted by atomic mass is 9.90. The Balaban J connectivity index is 1.12. The van der Waals surface area contributed by atoms with Gasteiger partial charge in [0.25, 0.3) is 0 Å². The molecule has 0 unspecified atom stereocenters. The zero-order valence-corrected chi connectivity index (χ0v) is 26.5. The highest BCUT2D eigenvalue weighted by atomic mass is 35.5. The fourth-order valence-corrected chi connectivity index (χ4v) is 6.47. The molecule has 0 saturated carbocycles. The normalized spacial score (nSPS) is 16.6. The minimum absolute atomic E-state index is 0.0544. The SMILES string of the molecule is O=C(OCc1ccccc1)N1CCC(C(=O)N(CCCN2CCC(Cc3ccc(F)cc3)CC2)c2ccc(Cl)c(Cl)c2)CC1. The van der Waals surface area contributed by atoms with Crippen molar-refractivity contribution in [3.05, 3.63) is 99.8 Å². The van der Waals surface area contributed by atoms with Crippen molar-refractivity contribution in [3.8, 4) is 0 Å². The third-order valence-electron chi connectivity index (χ3n) is 8.79. The van der Waals surface area contributed by atoms with Gasteiger partial charge in [-0.15, -0.1) is 0 Å². The van der Waals surface area contributed by atoms with Crippen LogP contribution in [0, 0.1) is 17.7 Å². The summed E-state index contributed by atoms with van der Waals surface area (Å²) in [7, 11) is 0. The second-order valence-electron chi connectivity index (χ2n) is 11.9. The molecule has 9 heteroatoms.